The van der Waals surface area contributed by atoms with Crippen LogP contribution in [0.1, 0.15) is 87.8 Å². The Labute approximate surface area is 418 Å². The molecule has 1 atom stereocenters. The molecule has 374 valence electrons. The molecule has 0 bridgehead atoms. The van der Waals surface area contributed by atoms with E-state index in [9.17, 15) is 29.1 Å². The molecule has 3 aromatic carbocycles. The Balaban J connectivity index is 0.730. The summed E-state index contributed by atoms with van der Waals surface area (Å²) >= 11 is 1.33. The van der Waals surface area contributed by atoms with Gasteiger partial charge < -0.3 is 20.1 Å². The van der Waals surface area contributed by atoms with Crippen molar-refractivity contribution >= 4 is 78.7 Å². The van der Waals surface area contributed by atoms with Crippen LogP contribution in [-0.2, 0) is 40.6 Å². The number of likely N-dealkylation sites (tertiary alicyclic amines) is 1. The van der Waals surface area contributed by atoms with Gasteiger partial charge in [-0.05, 0) is 117 Å². The number of amides is 4. The summed E-state index contributed by atoms with van der Waals surface area (Å²) in [5.41, 5.74) is 1.90. The van der Waals surface area contributed by atoms with E-state index in [0.29, 0.717) is 67.4 Å². The summed E-state index contributed by atoms with van der Waals surface area (Å²) in [6.45, 7) is 1.92. The number of aryl methyl sites for hydroxylation is 1. The summed E-state index contributed by atoms with van der Waals surface area (Å²) in [4.78, 5) is 81.0. The lowest BCUT2D eigenvalue weighted by molar-refractivity contribution is -0.140. The largest absolute Gasteiger partial charge is 0.490 e. The van der Waals surface area contributed by atoms with Gasteiger partial charge in [-0.3, -0.25) is 44.4 Å². The number of carbonyl (C=O) groups excluding carboxylic acids is 4. The number of alkyl halides is 3. The van der Waals surface area contributed by atoms with E-state index in [1.807, 2.05) is 41.3 Å². The van der Waals surface area contributed by atoms with Crippen molar-refractivity contribution < 1.29 is 47.0 Å². The number of rotatable bonds is 11. The second-order valence-corrected chi connectivity index (χ2v) is 20.2. The third-order valence-electron chi connectivity index (χ3n) is 14.5. The van der Waals surface area contributed by atoms with Crippen molar-refractivity contribution in [2.45, 2.75) is 69.7 Å². The lowest BCUT2D eigenvalue weighted by Crippen LogP contribution is -2.51. The molecule has 11 rings (SSSR count). The number of hydrogen-bond acceptors (Lipinski definition) is 13. The lowest BCUT2D eigenvalue weighted by atomic mass is 9.61. The monoisotopic (exact) mass is 1010 g/mol. The fourth-order valence-electron chi connectivity index (χ4n) is 10.8. The van der Waals surface area contributed by atoms with E-state index in [1.54, 1.807) is 35.0 Å². The van der Waals surface area contributed by atoms with Gasteiger partial charge in [-0.25, -0.2) is 14.8 Å². The molecule has 2 saturated heterocycles. The van der Waals surface area contributed by atoms with Gasteiger partial charge in [0.25, 0.3) is 5.91 Å². The van der Waals surface area contributed by atoms with Crippen molar-refractivity contribution in [3.05, 3.63) is 119 Å². The molecular weight excluding hydrogens is 966 g/mol. The first-order valence-electron chi connectivity index (χ1n) is 23.9. The number of fused-ring (bicyclic) bond motifs is 3. The predicted octanol–water partition coefficient (Wildman–Crippen LogP) is 7.95. The van der Waals surface area contributed by atoms with Crippen LogP contribution in [-0.4, -0.2) is 96.6 Å². The molecule has 1 aliphatic carbocycles. The van der Waals surface area contributed by atoms with Gasteiger partial charge in [-0.2, -0.15) is 18.3 Å². The minimum Gasteiger partial charge on any atom is -0.490 e. The standard InChI is InChI=1S/C52H47F3N10O7S/c1-63-37-23-29(9-10-33(37)44(62-63)34-12-14-41(66)60-47(34)68)57-42(67)27-64-21-17-51(18-22-64)24-30(25-51)72-38-7-4-5-31(43(38)52(53,54)55)32-11-13-40(59-46(32)49(70)71)65-20-16-28-15-19-56-45(35(28)26-65)48(69)61-50-58-36-6-2-3-8-39(36)73-50/h2-11,13,15,19,23,30,34H,12,14,16-18,20-22,24-27H2,1H3,(H,57,67)(H,70,71)(H,58,61,69)(H,60,66,68). The summed E-state index contributed by atoms with van der Waals surface area (Å²) in [7, 11) is 1.76. The zero-order chi connectivity index (χ0) is 50.8. The molecule has 0 radical (unpaired) electrons. The van der Waals surface area contributed by atoms with Gasteiger partial charge in [0.15, 0.2) is 10.8 Å². The molecule has 17 nitrogen and oxygen atoms in total. The van der Waals surface area contributed by atoms with Crippen LogP contribution in [0.4, 0.5) is 29.8 Å². The molecule has 1 saturated carbocycles. The number of aromatic nitrogens is 5. The number of thiazole rings is 1. The van der Waals surface area contributed by atoms with Crippen LogP contribution in [0.15, 0.2) is 85.1 Å². The van der Waals surface area contributed by atoms with Gasteiger partial charge in [-0.1, -0.05) is 35.6 Å². The fourth-order valence-corrected chi connectivity index (χ4v) is 11.7. The topological polar surface area (TPSA) is 214 Å². The highest BCUT2D eigenvalue weighted by Gasteiger charge is 2.48. The molecule has 4 N–H and O–H groups in total. The number of benzene rings is 3. The summed E-state index contributed by atoms with van der Waals surface area (Å²) in [6.07, 6.45) is -0.272. The van der Waals surface area contributed by atoms with Gasteiger partial charge >= 0.3 is 12.1 Å². The van der Waals surface area contributed by atoms with Crippen molar-refractivity contribution in [1.29, 1.82) is 0 Å². The SMILES string of the molecule is Cn1nc(C2CCC(=O)NC2=O)c2ccc(NC(=O)CN3CCC4(CC3)CC(Oc3cccc(-c5ccc(N6CCc7ccnc(C(=O)Nc8nc9ccccc9s8)c7C6)nc5C(=O)O)c3C(F)(F)F)C4)cc21. The van der Waals surface area contributed by atoms with Crippen molar-refractivity contribution in [3.8, 4) is 16.9 Å². The Bertz CT molecular complexity index is 3360. The van der Waals surface area contributed by atoms with Gasteiger partial charge in [0, 0.05) is 60.5 Å². The van der Waals surface area contributed by atoms with Crippen LogP contribution >= 0.6 is 11.3 Å². The fraction of sp³-hybridized carbons (Fsp3) is 0.327. The number of aromatic carboxylic acids is 1. The minimum atomic E-state index is -4.91. The van der Waals surface area contributed by atoms with E-state index >= 15 is 13.2 Å². The number of carbonyl (C=O) groups is 5. The molecule has 4 amide bonds. The Morgan fingerprint density at radius 2 is 1.73 bits per heavy atom. The number of nitrogens with zero attached hydrogens (tertiary/aromatic N) is 7. The summed E-state index contributed by atoms with van der Waals surface area (Å²) in [5, 5.41) is 24.4. The summed E-state index contributed by atoms with van der Waals surface area (Å²) < 4.78 is 54.1. The van der Waals surface area contributed by atoms with Crippen LogP contribution in [0, 0.1) is 5.41 Å². The number of imide groups is 1. The average molecular weight is 1010 g/mol. The quantitative estimate of drug-likeness (QED) is 0.0907. The molecular formula is C52H47F3N10O7S. The highest BCUT2D eigenvalue weighted by molar-refractivity contribution is 7.22. The van der Waals surface area contributed by atoms with Gasteiger partial charge in [0.05, 0.1) is 40.0 Å². The Morgan fingerprint density at radius 1 is 0.918 bits per heavy atom. The van der Waals surface area contributed by atoms with E-state index < -0.39 is 47.1 Å². The highest BCUT2D eigenvalue weighted by Crippen LogP contribution is 2.52. The number of carboxylic acids is 1. The zero-order valence-corrected chi connectivity index (χ0v) is 40.1. The molecule has 7 heterocycles. The molecule has 4 aromatic heterocycles. The number of piperidine rings is 2. The lowest BCUT2D eigenvalue weighted by Gasteiger charge is -2.51. The maximum absolute atomic E-state index is 15.2. The molecule has 3 aliphatic heterocycles. The van der Waals surface area contributed by atoms with E-state index in [2.05, 4.69) is 36.0 Å². The van der Waals surface area contributed by atoms with E-state index in [0.717, 1.165) is 39.5 Å². The average Bonchev–Trinajstić information content (AvgIpc) is 3.92. The number of ether oxygens (including phenoxy) is 1. The van der Waals surface area contributed by atoms with Crippen molar-refractivity contribution in [3.63, 3.8) is 0 Å². The van der Waals surface area contributed by atoms with Crippen molar-refractivity contribution in [2.24, 2.45) is 12.5 Å². The predicted molar refractivity (Wildman–Crippen MR) is 264 cm³/mol. The molecule has 7 aromatic rings. The van der Waals surface area contributed by atoms with Crippen LogP contribution in [0.25, 0.3) is 32.2 Å². The first kappa shape index (κ1) is 47.5. The second-order valence-electron chi connectivity index (χ2n) is 19.2. The normalized spacial score (nSPS) is 18.1. The van der Waals surface area contributed by atoms with Crippen molar-refractivity contribution in [1.82, 2.24) is 34.9 Å². The van der Waals surface area contributed by atoms with Crippen LogP contribution in [0.3, 0.4) is 0 Å². The number of nitrogens with one attached hydrogen (secondary N) is 3. The molecule has 1 unspecified atom stereocenters. The number of carboxylic acid groups (broad SMARTS) is 1. The second kappa shape index (κ2) is 18.7. The first-order valence-corrected chi connectivity index (χ1v) is 24.7. The molecule has 21 heteroatoms. The highest BCUT2D eigenvalue weighted by atomic mass is 32.1. The van der Waals surface area contributed by atoms with E-state index in [1.165, 1.54) is 41.7 Å². The van der Waals surface area contributed by atoms with E-state index in [4.69, 9.17) is 4.74 Å². The molecule has 1 spiro atoms. The Kier molecular flexibility index (Phi) is 12.2. The molecule has 73 heavy (non-hydrogen) atoms. The van der Waals surface area contributed by atoms with Gasteiger partial charge in [-0.15, -0.1) is 0 Å². The van der Waals surface area contributed by atoms with Gasteiger partial charge in [0.1, 0.15) is 22.8 Å². The Morgan fingerprint density at radius 3 is 2.49 bits per heavy atom. The third-order valence-corrected chi connectivity index (χ3v) is 15.5. The summed E-state index contributed by atoms with van der Waals surface area (Å²) in [5.74, 6) is -3.58. The maximum Gasteiger partial charge on any atom is 0.420 e. The molecule has 3 fully saturated rings. The minimum absolute atomic E-state index is 0.145. The molecule has 4 aliphatic rings. The van der Waals surface area contributed by atoms with Crippen LogP contribution < -0.4 is 25.6 Å². The van der Waals surface area contributed by atoms with Crippen LogP contribution in [0.2, 0.25) is 0 Å². The number of anilines is 3. The number of para-hydroxylation sites is 1. The maximum atomic E-state index is 15.2. The zero-order valence-electron chi connectivity index (χ0n) is 39.3. The number of pyridine rings is 2. The smallest absolute Gasteiger partial charge is 0.420 e. The number of halogens is 3. The summed E-state index contributed by atoms with van der Waals surface area (Å²) in [6, 6.07) is 21.4. The first-order chi connectivity index (χ1) is 35.1. The van der Waals surface area contributed by atoms with E-state index in [-0.39, 0.29) is 65.3 Å². The third kappa shape index (κ3) is 9.33. The van der Waals surface area contributed by atoms with Gasteiger partial charge in [0.2, 0.25) is 17.7 Å². The van der Waals surface area contributed by atoms with Crippen molar-refractivity contribution in [2.75, 3.05) is 41.7 Å². The number of hydrogen-bond donors (Lipinski definition) is 4. The Hall–Kier alpha value is -7.78. The van der Waals surface area contributed by atoms with Crippen LogP contribution in [0.5, 0.6) is 5.75 Å².